The van der Waals surface area contributed by atoms with Gasteiger partial charge in [0.25, 0.3) is 5.91 Å². The Morgan fingerprint density at radius 2 is 1.95 bits per heavy atom. The first-order valence-electron chi connectivity index (χ1n) is 6.74. The number of hydrogen-bond acceptors (Lipinski definition) is 3. The lowest BCUT2D eigenvalue weighted by Gasteiger charge is -2.25. The Labute approximate surface area is 135 Å². The van der Waals surface area contributed by atoms with Crippen molar-refractivity contribution in [2.45, 2.75) is 25.8 Å². The number of carbonyl (C=O) groups is 1. The molecule has 1 amide bonds. The van der Waals surface area contributed by atoms with Crippen molar-refractivity contribution in [3.05, 3.63) is 59.3 Å². The van der Waals surface area contributed by atoms with Crippen LogP contribution < -0.4 is 11.1 Å². The van der Waals surface area contributed by atoms with E-state index < -0.39 is 0 Å². The zero-order valence-electron chi connectivity index (χ0n) is 12.6. The summed E-state index contributed by atoms with van der Waals surface area (Å²) in [6, 6.07) is 7.92. The lowest BCUT2D eigenvalue weighted by atomic mass is 9.84. The first-order chi connectivity index (χ1) is 9.92. The highest BCUT2D eigenvalue weighted by Gasteiger charge is 2.22. The number of hydrogen-bond donors (Lipinski definition) is 2. The summed E-state index contributed by atoms with van der Waals surface area (Å²) in [7, 11) is 0. The zero-order chi connectivity index (χ0) is 15.5. The molecule has 0 fully saturated rings. The van der Waals surface area contributed by atoms with Crippen molar-refractivity contribution in [2.75, 3.05) is 6.54 Å². The fourth-order valence-electron chi connectivity index (χ4n) is 2.01. The standard InChI is InChI=1S/C16H19FN2O2.ClH/c1-16(2,12-3-5-13(17)6-4-12)10-19-15(20)11-7-14(8-18)21-9-11;/h3-7,9H,8,10,18H2,1-2H3,(H,19,20);1H. The number of nitrogens with one attached hydrogen (secondary N) is 1. The van der Waals surface area contributed by atoms with Gasteiger partial charge in [0.05, 0.1) is 12.1 Å². The number of furan rings is 1. The van der Waals surface area contributed by atoms with Crippen LogP contribution in [0.5, 0.6) is 0 Å². The molecule has 0 bridgehead atoms. The van der Waals surface area contributed by atoms with Crippen LogP contribution in [0.4, 0.5) is 4.39 Å². The fraction of sp³-hybridized carbons (Fsp3) is 0.312. The van der Waals surface area contributed by atoms with Crippen molar-refractivity contribution >= 4 is 18.3 Å². The second-order valence-corrected chi connectivity index (χ2v) is 5.58. The summed E-state index contributed by atoms with van der Waals surface area (Å²) >= 11 is 0. The third-order valence-corrected chi connectivity index (χ3v) is 3.43. The minimum absolute atomic E-state index is 0. The second-order valence-electron chi connectivity index (χ2n) is 5.58. The lowest BCUT2D eigenvalue weighted by Crippen LogP contribution is -2.36. The van der Waals surface area contributed by atoms with Gasteiger partial charge in [-0.3, -0.25) is 4.79 Å². The molecule has 0 atom stereocenters. The van der Waals surface area contributed by atoms with Crippen molar-refractivity contribution in [1.82, 2.24) is 5.32 Å². The van der Waals surface area contributed by atoms with E-state index in [0.29, 0.717) is 17.9 Å². The quantitative estimate of drug-likeness (QED) is 0.887. The van der Waals surface area contributed by atoms with E-state index in [1.165, 1.54) is 18.4 Å². The summed E-state index contributed by atoms with van der Waals surface area (Å²) < 4.78 is 18.1. The van der Waals surface area contributed by atoms with Gasteiger partial charge in [0.1, 0.15) is 17.8 Å². The van der Waals surface area contributed by atoms with Crippen LogP contribution in [-0.2, 0) is 12.0 Å². The molecular formula is C16H20ClFN2O2. The molecule has 22 heavy (non-hydrogen) atoms. The van der Waals surface area contributed by atoms with Crippen LogP contribution in [-0.4, -0.2) is 12.5 Å². The summed E-state index contributed by atoms with van der Waals surface area (Å²) in [5.74, 6) is 0.0814. The molecule has 3 N–H and O–H groups in total. The predicted molar refractivity (Wildman–Crippen MR) is 85.6 cm³/mol. The van der Waals surface area contributed by atoms with Gasteiger partial charge in [0.15, 0.2) is 0 Å². The molecular weight excluding hydrogens is 307 g/mol. The van der Waals surface area contributed by atoms with Crippen LogP contribution in [0.1, 0.15) is 35.5 Å². The molecule has 4 nitrogen and oxygen atoms in total. The van der Waals surface area contributed by atoms with Crippen molar-refractivity contribution < 1.29 is 13.6 Å². The third kappa shape index (κ3) is 4.32. The highest BCUT2D eigenvalue weighted by molar-refractivity contribution is 5.94. The van der Waals surface area contributed by atoms with Gasteiger partial charge in [-0.1, -0.05) is 26.0 Å². The maximum absolute atomic E-state index is 13.0. The predicted octanol–water partition coefficient (Wildman–Crippen LogP) is 3.01. The summed E-state index contributed by atoms with van der Waals surface area (Å²) in [4.78, 5) is 12.0. The molecule has 0 unspecified atom stereocenters. The van der Waals surface area contributed by atoms with Crippen molar-refractivity contribution in [1.29, 1.82) is 0 Å². The first kappa shape index (κ1) is 18.2. The van der Waals surface area contributed by atoms with Gasteiger partial charge in [-0.05, 0) is 23.8 Å². The Bertz CT molecular complexity index is 623. The summed E-state index contributed by atoms with van der Waals surface area (Å²) in [5, 5.41) is 2.86. The maximum Gasteiger partial charge on any atom is 0.254 e. The van der Waals surface area contributed by atoms with Crippen LogP contribution in [0.2, 0.25) is 0 Å². The lowest BCUT2D eigenvalue weighted by molar-refractivity contribution is 0.0945. The molecule has 2 aromatic rings. The Morgan fingerprint density at radius 3 is 2.50 bits per heavy atom. The first-order valence-corrected chi connectivity index (χ1v) is 6.74. The van der Waals surface area contributed by atoms with Crippen LogP contribution in [0, 0.1) is 5.82 Å². The van der Waals surface area contributed by atoms with Crippen molar-refractivity contribution in [3.8, 4) is 0 Å². The highest BCUT2D eigenvalue weighted by atomic mass is 35.5. The van der Waals surface area contributed by atoms with E-state index in [4.69, 9.17) is 10.2 Å². The molecule has 0 radical (unpaired) electrons. The minimum Gasteiger partial charge on any atom is -0.467 e. The molecule has 1 aromatic heterocycles. The van der Waals surface area contributed by atoms with Gasteiger partial charge in [-0.2, -0.15) is 0 Å². The number of benzene rings is 1. The van der Waals surface area contributed by atoms with Crippen LogP contribution in [0.15, 0.2) is 41.0 Å². The molecule has 0 saturated heterocycles. The number of rotatable bonds is 5. The van der Waals surface area contributed by atoms with Crippen molar-refractivity contribution in [3.63, 3.8) is 0 Å². The molecule has 2 rings (SSSR count). The normalized spacial score (nSPS) is 10.9. The molecule has 0 aliphatic rings. The van der Waals surface area contributed by atoms with Gasteiger partial charge in [-0.15, -0.1) is 12.4 Å². The Kier molecular flexibility index (Phi) is 6.14. The van der Waals surface area contributed by atoms with E-state index in [9.17, 15) is 9.18 Å². The van der Waals surface area contributed by atoms with Gasteiger partial charge >= 0.3 is 0 Å². The molecule has 1 aromatic carbocycles. The van der Waals surface area contributed by atoms with E-state index in [2.05, 4.69) is 5.32 Å². The SMILES string of the molecule is CC(C)(CNC(=O)c1coc(CN)c1)c1ccc(F)cc1.Cl. The molecule has 1 heterocycles. The Hall–Kier alpha value is -1.85. The van der Waals surface area contributed by atoms with Gasteiger partial charge < -0.3 is 15.5 Å². The van der Waals surface area contributed by atoms with Gasteiger partial charge in [0.2, 0.25) is 0 Å². The smallest absolute Gasteiger partial charge is 0.254 e. The van der Waals surface area contributed by atoms with E-state index in [0.717, 1.165) is 5.56 Å². The van der Waals surface area contributed by atoms with E-state index >= 15 is 0 Å². The summed E-state index contributed by atoms with van der Waals surface area (Å²) in [6.45, 7) is 4.66. The Balaban J connectivity index is 0.00000242. The van der Waals surface area contributed by atoms with E-state index in [-0.39, 0.29) is 36.1 Å². The van der Waals surface area contributed by atoms with E-state index in [1.54, 1.807) is 18.2 Å². The van der Waals surface area contributed by atoms with Gasteiger partial charge in [0, 0.05) is 12.0 Å². The topological polar surface area (TPSA) is 68.3 Å². The van der Waals surface area contributed by atoms with Crippen LogP contribution >= 0.6 is 12.4 Å². The number of amides is 1. The molecule has 0 aliphatic heterocycles. The van der Waals surface area contributed by atoms with E-state index in [1.807, 2.05) is 13.8 Å². The monoisotopic (exact) mass is 326 g/mol. The number of carbonyl (C=O) groups excluding carboxylic acids is 1. The highest BCUT2D eigenvalue weighted by Crippen LogP contribution is 2.22. The summed E-state index contributed by atoms with van der Waals surface area (Å²) in [6.07, 6.45) is 1.39. The zero-order valence-corrected chi connectivity index (χ0v) is 13.4. The molecule has 0 spiro atoms. The molecule has 0 aliphatic carbocycles. The van der Waals surface area contributed by atoms with Crippen LogP contribution in [0.3, 0.4) is 0 Å². The van der Waals surface area contributed by atoms with Crippen molar-refractivity contribution in [2.24, 2.45) is 5.73 Å². The fourth-order valence-corrected chi connectivity index (χ4v) is 2.01. The van der Waals surface area contributed by atoms with Gasteiger partial charge in [-0.25, -0.2) is 4.39 Å². The third-order valence-electron chi connectivity index (χ3n) is 3.43. The average Bonchev–Trinajstić information content (AvgIpc) is 2.94. The minimum atomic E-state index is -0.302. The largest absolute Gasteiger partial charge is 0.467 e. The second kappa shape index (κ2) is 7.42. The maximum atomic E-state index is 13.0. The average molecular weight is 327 g/mol. The molecule has 0 saturated carbocycles. The summed E-state index contributed by atoms with van der Waals surface area (Å²) in [5.41, 5.74) is 6.54. The molecule has 120 valence electrons. The number of halogens is 2. The Morgan fingerprint density at radius 1 is 1.32 bits per heavy atom. The molecule has 6 heteroatoms. The van der Waals surface area contributed by atoms with Crippen LogP contribution in [0.25, 0.3) is 0 Å². The number of nitrogens with two attached hydrogens (primary N) is 1.